The molecule has 124 valence electrons. The highest BCUT2D eigenvalue weighted by atomic mass is 79.9. The van der Waals surface area contributed by atoms with E-state index in [9.17, 15) is 14.9 Å². The van der Waals surface area contributed by atoms with Gasteiger partial charge in [-0.15, -0.1) is 0 Å². The minimum absolute atomic E-state index is 0.0190. The first kappa shape index (κ1) is 16.4. The van der Waals surface area contributed by atoms with Gasteiger partial charge in [0.05, 0.1) is 17.5 Å². The number of halogens is 1. The van der Waals surface area contributed by atoms with Gasteiger partial charge in [-0.25, -0.2) is 4.98 Å². The van der Waals surface area contributed by atoms with E-state index in [1.165, 1.54) is 12.1 Å². The van der Waals surface area contributed by atoms with Crippen LogP contribution in [0.5, 0.6) is 0 Å². The van der Waals surface area contributed by atoms with Crippen molar-refractivity contribution in [3.63, 3.8) is 0 Å². The summed E-state index contributed by atoms with van der Waals surface area (Å²) in [7, 11) is 0. The lowest BCUT2D eigenvalue weighted by molar-refractivity contribution is -0.384. The molecule has 1 aromatic heterocycles. The van der Waals surface area contributed by atoms with Crippen LogP contribution in [0.1, 0.15) is 5.56 Å². The van der Waals surface area contributed by atoms with Gasteiger partial charge in [-0.05, 0) is 21.5 Å². The number of carbonyl (C=O) groups excluding carboxylic acids is 1. The molecule has 1 aliphatic heterocycles. The summed E-state index contributed by atoms with van der Waals surface area (Å²) in [5, 5.41) is 11.0. The lowest BCUT2D eigenvalue weighted by atomic mass is 10.2. The number of rotatable bonds is 4. The van der Waals surface area contributed by atoms with Crippen molar-refractivity contribution in [1.82, 2.24) is 9.88 Å². The van der Waals surface area contributed by atoms with Crippen molar-refractivity contribution >= 4 is 33.3 Å². The van der Waals surface area contributed by atoms with Crippen LogP contribution in [0.3, 0.4) is 0 Å². The Morgan fingerprint density at radius 2 is 1.96 bits per heavy atom. The topological polar surface area (TPSA) is 79.6 Å². The number of pyridine rings is 1. The smallest absolute Gasteiger partial charge is 0.275 e. The highest BCUT2D eigenvalue weighted by molar-refractivity contribution is 9.10. The molecule has 0 N–H and O–H groups in total. The number of aromatic nitrogens is 1. The largest absolute Gasteiger partial charge is 0.345 e. The fourth-order valence-corrected chi connectivity index (χ4v) is 3.03. The number of amides is 1. The van der Waals surface area contributed by atoms with Crippen molar-refractivity contribution in [3.8, 4) is 0 Å². The zero-order valence-electron chi connectivity index (χ0n) is 12.8. The Hall–Kier alpha value is -2.48. The van der Waals surface area contributed by atoms with Gasteiger partial charge in [0.15, 0.2) is 0 Å². The number of nitrogens with zero attached hydrogens (tertiary/aromatic N) is 4. The van der Waals surface area contributed by atoms with Crippen LogP contribution in [0.25, 0.3) is 0 Å². The first-order chi connectivity index (χ1) is 11.5. The standard InChI is InChI=1S/C16H15BrN4O3/c17-14-8-13(21(23)24)9-15(18-14)19-6-7-20(16(22)11-19)10-12-4-2-1-3-5-12/h1-5,8-9H,6-7,10-11H2. The summed E-state index contributed by atoms with van der Waals surface area (Å²) in [4.78, 5) is 30.7. The third-order valence-corrected chi connectivity index (χ3v) is 4.24. The highest BCUT2D eigenvalue weighted by Crippen LogP contribution is 2.24. The molecule has 1 aromatic carbocycles. The van der Waals surface area contributed by atoms with Gasteiger partial charge in [0.2, 0.25) is 5.91 Å². The molecule has 0 bridgehead atoms. The summed E-state index contributed by atoms with van der Waals surface area (Å²) in [6, 6.07) is 12.5. The van der Waals surface area contributed by atoms with Gasteiger partial charge in [0, 0.05) is 25.7 Å². The summed E-state index contributed by atoms with van der Waals surface area (Å²) >= 11 is 3.18. The molecule has 1 amide bonds. The molecule has 0 saturated carbocycles. The van der Waals surface area contributed by atoms with Crippen molar-refractivity contribution in [2.75, 3.05) is 24.5 Å². The number of hydrogen-bond acceptors (Lipinski definition) is 5. The van der Waals surface area contributed by atoms with Gasteiger partial charge in [0.1, 0.15) is 10.4 Å². The Kier molecular flexibility index (Phi) is 4.75. The van der Waals surface area contributed by atoms with Crippen molar-refractivity contribution in [1.29, 1.82) is 0 Å². The molecule has 8 heteroatoms. The van der Waals surface area contributed by atoms with E-state index >= 15 is 0 Å². The van der Waals surface area contributed by atoms with Gasteiger partial charge in [-0.3, -0.25) is 14.9 Å². The van der Waals surface area contributed by atoms with Crippen molar-refractivity contribution in [2.24, 2.45) is 0 Å². The van der Waals surface area contributed by atoms with Gasteiger partial charge >= 0.3 is 0 Å². The molecule has 1 fully saturated rings. The molecule has 3 rings (SSSR count). The van der Waals surface area contributed by atoms with E-state index < -0.39 is 4.92 Å². The maximum Gasteiger partial charge on any atom is 0.275 e. The van der Waals surface area contributed by atoms with Gasteiger partial charge < -0.3 is 9.80 Å². The molecular weight excluding hydrogens is 376 g/mol. The number of piperazine rings is 1. The van der Waals surface area contributed by atoms with Crippen LogP contribution in [-0.4, -0.2) is 40.3 Å². The molecule has 0 spiro atoms. The Labute approximate surface area is 147 Å². The second-order valence-electron chi connectivity index (χ2n) is 5.49. The third-order valence-electron chi connectivity index (χ3n) is 3.84. The minimum Gasteiger partial charge on any atom is -0.345 e. The summed E-state index contributed by atoms with van der Waals surface area (Å²) < 4.78 is 0.380. The van der Waals surface area contributed by atoms with E-state index in [1.54, 1.807) is 9.80 Å². The van der Waals surface area contributed by atoms with Crippen LogP contribution in [0, 0.1) is 10.1 Å². The zero-order valence-corrected chi connectivity index (χ0v) is 14.3. The number of anilines is 1. The molecule has 2 aromatic rings. The molecule has 2 heterocycles. The fraction of sp³-hybridized carbons (Fsp3) is 0.250. The molecule has 7 nitrogen and oxygen atoms in total. The Morgan fingerprint density at radius 3 is 2.62 bits per heavy atom. The average molecular weight is 391 g/mol. The van der Waals surface area contributed by atoms with Gasteiger partial charge in [-0.2, -0.15) is 0 Å². The second kappa shape index (κ2) is 6.96. The summed E-state index contributed by atoms with van der Waals surface area (Å²) in [5.74, 6) is 0.415. The van der Waals surface area contributed by atoms with E-state index in [4.69, 9.17) is 0 Å². The van der Waals surface area contributed by atoms with E-state index in [0.29, 0.717) is 30.1 Å². The van der Waals surface area contributed by atoms with E-state index in [-0.39, 0.29) is 18.1 Å². The molecule has 0 radical (unpaired) electrons. The highest BCUT2D eigenvalue weighted by Gasteiger charge is 2.26. The quantitative estimate of drug-likeness (QED) is 0.455. The summed E-state index contributed by atoms with van der Waals surface area (Å²) in [5.41, 5.74) is 1.03. The summed E-state index contributed by atoms with van der Waals surface area (Å²) in [6.45, 7) is 1.86. The number of hydrogen-bond donors (Lipinski definition) is 0. The van der Waals surface area contributed by atoms with Crippen molar-refractivity contribution in [2.45, 2.75) is 6.54 Å². The first-order valence-corrected chi connectivity index (χ1v) is 8.21. The van der Waals surface area contributed by atoms with Crippen LogP contribution in [-0.2, 0) is 11.3 Å². The predicted octanol–water partition coefficient (Wildman–Crippen LogP) is 2.60. The molecule has 1 aliphatic rings. The van der Waals surface area contributed by atoms with Crippen molar-refractivity contribution < 1.29 is 9.72 Å². The van der Waals surface area contributed by atoms with Crippen LogP contribution >= 0.6 is 15.9 Å². The van der Waals surface area contributed by atoms with Crippen LogP contribution < -0.4 is 4.90 Å². The molecule has 0 aliphatic carbocycles. The second-order valence-corrected chi connectivity index (χ2v) is 6.30. The Balaban J connectivity index is 1.71. The number of benzene rings is 1. The maximum absolute atomic E-state index is 12.4. The maximum atomic E-state index is 12.4. The predicted molar refractivity (Wildman–Crippen MR) is 92.7 cm³/mol. The number of nitro groups is 1. The lowest BCUT2D eigenvalue weighted by Gasteiger charge is -2.35. The SMILES string of the molecule is O=C1CN(c2cc([N+](=O)[O-])cc(Br)n2)CCN1Cc1ccccc1. The van der Waals surface area contributed by atoms with Crippen LogP contribution in [0.4, 0.5) is 11.5 Å². The molecule has 0 unspecified atom stereocenters. The van der Waals surface area contributed by atoms with Gasteiger partial charge in [0.25, 0.3) is 5.69 Å². The molecule has 1 saturated heterocycles. The van der Waals surface area contributed by atoms with Crippen LogP contribution in [0.2, 0.25) is 0 Å². The molecule has 0 atom stereocenters. The van der Waals surface area contributed by atoms with E-state index in [2.05, 4.69) is 20.9 Å². The Morgan fingerprint density at radius 1 is 1.21 bits per heavy atom. The molecular formula is C16H15BrN4O3. The average Bonchev–Trinajstić information content (AvgIpc) is 2.57. The first-order valence-electron chi connectivity index (χ1n) is 7.41. The zero-order chi connectivity index (χ0) is 17.1. The van der Waals surface area contributed by atoms with Crippen molar-refractivity contribution in [3.05, 3.63) is 62.7 Å². The van der Waals surface area contributed by atoms with Gasteiger partial charge in [-0.1, -0.05) is 30.3 Å². The van der Waals surface area contributed by atoms with E-state index in [1.807, 2.05) is 30.3 Å². The number of carbonyl (C=O) groups is 1. The monoisotopic (exact) mass is 390 g/mol. The fourth-order valence-electron chi connectivity index (χ4n) is 2.61. The summed E-state index contributed by atoms with van der Waals surface area (Å²) in [6.07, 6.45) is 0. The lowest BCUT2D eigenvalue weighted by Crippen LogP contribution is -2.50. The third kappa shape index (κ3) is 3.70. The molecule has 24 heavy (non-hydrogen) atoms. The Bertz CT molecular complexity index is 769. The van der Waals surface area contributed by atoms with Crippen LogP contribution in [0.15, 0.2) is 47.1 Å². The minimum atomic E-state index is -0.469. The normalized spacial score (nSPS) is 14.8. The van der Waals surface area contributed by atoms with E-state index in [0.717, 1.165) is 5.56 Å².